The minimum atomic E-state index is -3.58. The first-order chi connectivity index (χ1) is 16.5. The third-order valence-electron chi connectivity index (χ3n) is 6.38. The standard InChI is InChI=1S/C23H30ClN7O3S.ClH/c1-14-12-31-21(26-22(14)30-8-7-16(11-25)13-30)10-20(27-31)15(2)29(3)23(32)18-9-17(24)5-6-19(18)28-35(4,33)34;/h5-6,9-10,12,15-16,28H,7-8,11,13,25H2,1-4H3;1H/t15-,16-;/m0./s1. The van der Waals surface area contributed by atoms with E-state index >= 15 is 0 Å². The van der Waals surface area contributed by atoms with Crippen molar-refractivity contribution in [2.45, 2.75) is 26.3 Å². The van der Waals surface area contributed by atoms with Gasteiger partial charge in [0, 0.05) is 43.0 Å². The van der Waals surface area contributed by atoms with Crippen LogP contribution in [-0.2, 0) is 10.0 Å². The molecule has 36 heavy (non-hydrogen) atoms. The average Bonchev–Trinajstić information content (AvgIpc) is 3.44. The predicted octanol–water partition coefficient (Wildman–Crippen LogP) is 3.10. The number of hydrogen-bond donors (Lipinski definition) is 2. The molecule has 1 amide bonds. The molecule has 3 N–H and O–H groups in total. The Balaban J connectivity index is 0.00000361. The fraction of sp³-hybridized carbons (Fsp3) is 0.435. The normalized spacial score (nSPS) is 16.6. The van der Waals surface area contributed by atoms with Gasteiger partial charge >= 0.3 is 0 Å². The highest BCUT2D eigenvalue weighted by Crippen LogP contribution is 2.29. The summed E-state index contributed by atoms with van der Waals surface area (Å²) in [6, 6.07) is 5.90. The maximum atomic E-state index is 13.3. The highest BCUT2D eigenvalue weighted by atomic mass is 35.5. The van der Waals surface area contributed by atoms with Gasteiger partial charge in [-0.25, -0.2) is 17.9 Å². The summed E-state index contributed by atoms with van der Waals surface area (Å²) in [7, 11) is -1.94. The molecule has 0 aliphatic carbocycles. The van der Waals surface area contributed by atoms with Crippen LogP contribution in [0.3, 0.4) is 0 Å². The summed E-state index contributed by atoms with van der Waals surface area (Å²) in [6.45, 7) is 6.34. The zero-order chi connectivity index (χ0) is 25.5. The monoisotopic (exact) mass is 555 g/mol. The SMILES string of the molecule is Cc1cn2nc([C@H](C)N(C)C(=O)c3cc(Cl)ccc3NS(C)(=O)=O)cc2nc1N1CC[C@@H](CN)C1.Cl. The van der Waals surface area contributed by atoms with Crippen molar-refractivity contribution in [3.05, 3.63) is 52.3 Å². The Morgan fingerprint density at radius 2 is 2.08 bits per heavy atom. The molecule has 0 unspecified atom stereocenters. The molecule has 1 saturated heterocycles. The summed E-state index contributed by atoms with van der Waals surface area (Å²) >= 11 is 6.11. The van der Waals surface area contributed by atoms with Crippen molar-refractivity contribution in [2.24, 2.45) is 11.7 Å². The topological polar surface area (TPSA) is 126 Å². The number of anilines is 2. The molecule has 2 aromatic heterocycles. The lowest BCUT2D eigenvalue weighted by Gasteiger charge is -2.24. The predicted molar refractivity (Wildman–Crippen MR) is 145 cm³/mol. The molecular weight excluding hydrogens is 525 g/mol. The van der Waals surface area contributed by atoms with E-state index in [4.69, 9.17) is 22.3 Å². The zero-order valence-corrected chi connectivity index (χ0v) is 23.0. The molecule has 0 spiro atoms. The second-order valence-electron chi connectivity index (χ2n) is 9.11. The van der Waals surface area contributed by atoms with E-state index < -0.39 is 22.0 Å². The number of nitrogens with zero attached hydrogens (tertiary/aromatic N) is 5. The molecular formula is C23H31Cl2N7O3S. The smallest absolute Gasteiger partial charge is 0.256 e. The van der Waals surface area contributed by atoms with E-state index in [1.54, 1.807) is 11.6 Å². The number of benzene rings is 1. The van der Waals surface area contributed by atoms with Crippen LogP contribution >= 0.6 is 24.0 Å². The van der Waals surface area contributed by atoms with Crippen molar-refractivity contribution in [3.63, 3.8) is 0 Å². The van der Waals surface area contributed by atoms with Crippen LogP contribution in [0.4, 0.5) is 11.5 Å². The van der Waals surface area contributed by atoms with E-state index in [0.717, 1.165) is 37.1 Å². The molecule has 2 atom stereocenters. The second-order valence-corrected chi connectivity index (χ2v) is 11.3. The number of aromatic nitrogens is 3. The quantitative estimate of drug-likeness (QED) is 0.458. The highest BCUT2D eigenvalue weighted by Gasteiger charge is 2.26. The zero-order valence-electron chi connectivity index (χ0n) is 20.6. The van der Waals surface area contributed by atoms with Gasteiger partial charge in [0.25, 0.3) is 5.91 Å². The molecule has 10 nitrogen and oxygen atoms in total. The van der Waals surface area contributed by atoms with Crippen molar-refractivity contribution >= 4 is 57.1 Å². The van der Waals surface area contributed by atoms with E-state index in [2.05, 4.69) is 14.7 Å². The molecule has 0 radical (unpaired) electrons. The molecule has 0 bridgehead atoms. The van der Waals surface area contributed by atoms with Crippen LogP contribution in [0, 0.1) is 12.8 Å². The van der Waals surface area contributed by atoms with Gasteiger partial charge in [-0.3, -0.25) is 9.52 Å². The number of nitrogens with two attached hydrogens (primary N) is 1. The number of halogens is 2. The Morgan fingerprint density at radius 1 is 1.36 bits per heavy atom. The lowest BCUT2D eigenvalue weighted by molar-refractivity contribution is 0.0740. The summed E-state index contributed by atoms with van der Waals surface area (Å²) < 4.78 is 27.6. The maximum Gasteiger partial charge on any atom is 0.256 e. The maximum absolute atomic E-state index is 13.3. The Hall–Kier alpha value is -2.60. The third kappa shape index (κ3) is 5.86. The number of carbonyl (C=O) groups is 1. The molecule has 1 aliphatic rings. The van der Waals surface area contributed by atoms with Gasteiger partial charge in [0.05, 0.1) is 29.2 Å². The fourth-order valence-electron chi connectivity index (χ4n) is 4.31. The highest BCUT2D eigenvalue weighted by molar-refractivity contribution is 7.92. The van der Waals surface area contributed by atoms with Gasteiger partial charge in [0.1, 0.15) is 5.82 Å². The first kappa shape index (κ1) is 28.0. The number of nitrogens with one attached hydrogen (secondary N) is 1. The lowest BCUT2D eigenvalue weighted by Crippen LogP contribution is -2.31. The molecule has 3 aromatic rings. The second kappa shape index (κ2) is 10.8. The van der Waals surface area contributed by atoms with Crippen molar-refractivity contribution < 1.29 is 13.2 Å². The first-order valence-electron chi connectivity index (χ1n) is 11.3. The molecule has 196 valence electrons. The van der Waals surface area contributed by atoms with E-state index in [0.29, 0.717) is 28.8 Å². The van der Waals surface area contributed by atoms with Crippen LogP contribution < -0.4 is 15.4 Å². The summed E-state index contributed by atoms with van der Waals surface area (Å²) in [5.74, 6) is 1.01. The first-order valence-corrected chi connectivity index (χ1v) is 13.6. The van der Waals surface area contributed by atoms with Gasteiger partial charge in [-0.1, -0.05) is 11.6 Å². The van der Waals surface area contributed by atoms with Crippen molar-refractivity contribution in [3.8, 4) is 0 Å². The van der Waals surface area contributed by atoms with Crippen LogP contribution in [0.1, 0.15) is 41.0 Å². The molecule has 1 fully saturated rings. The van der Waals surface area contributed by atoms with Crippen LogP contribution in [0.25, 0.3) is 5.65 Å². The van der Waals surface area contributed by atoms with E-state index in [-0.39, 0.29) is 23.7 Å². The van der Waals surface area contributed by atoms with Gasteiger partial charge in [0.2, 0.25) is 10.0 Å². The number of fused-ring (bicyclic) bond motifs is 1. The van der Waals surface area contributed by atoms with E-state index in [1.165, 1.54) is 23.1 Å². The summed E-state index contributed by atoms with van der Waals surface area (Å²) in [6.07, 6.45) is 4.02. The Bertz CT molecular complexity index is 1380. The van der Waals surface area contributed by atoms with Gasteiger partial charge in [-0.05, 0) is 50.9 Å². The Morgan fingerprint density at radius 3 is 2.72 bits per heavy atom. The molecule has 3 heterocycles. The van der Waals surface area contributed by atoms with Crippen molar-refractivity contribution in [1.29, 1.82) is 0 Å². The summed E-state index contributed by atoms with van der Waals surface area (Å²) in [5, 5.41) is 4.98. The minimum Gasteiger partial charge on any atom is -0.356 e. The van der Waals surface area contributed by atoms with Crippen LogP contribution in [0.15, 0.2) is 30.5 Å². The molecule has 13 heteroatoms. The summed E-state index contributed by atoms with van der Waals surface area (Å²) in [4.78, 5) is 21.9. The number of rotatable bonds is 7. The number of sulfonamides is 1. The van der Waals surface area contributed by atoms with Crippen molar-refractivity contribution in [2.75, 3.05) is 42.6 Å². The van der Waals surface area contributed by atoms with Gasteiger partial charge in [-0.2, -0.15) is 5.10 Å². The van der Waals surface area contributed by atoms with Crippen LogP contribution in [0.2, 0.25) is 5.02 Å². The number of aryl methyl sites for hydroxylation is 1. The third-order valence-corrected chi connectivity index (χ3v) is 7.21. The van der Waals surface area contributed by atoms with Crippen LogP contribution in [-0.4, -0.2) is 66.8 Å². The number of carbonyl (C=O) groups excluding carboxylic acids is 1. The van der Waals surface area contributed by atoms with Gasteiger partial charge < -0.3 is 15.5 Å². The Labute approximate surface area is 222 Å². The molecule has 1 aromatic carbocycles. The fourth-order valence-corrected chi connectivity index (χ4v) is 5.06. The average molecular weight is 557 g/mol. The molecule has 0 saturated carbocycles. The van der Waals surface area contributed by atoms with Crippen LogP contribution in [0.5, 0.6) is 0 Å². The van der Waals surface area contributed by atoms with Crippen molar-refractivity contribution in [1.82, 2.24) is 19.5 Å². The van der Waals surface area contributed by atoms with Gasteiger partial charge in [0.15, 0.2) is 5.65 Å². The number of hydrogen-bond acceptors (Lipinski definition) is 7. The minimum absolute atomic E-state index is 0. The van der Waals surface area contributed by atoms with E-state index in [1.807, 2.05) is 26.1 Å². The Kier molecular flexibility index (Phi) is 8.39. The number of amides is 1. The molecule has 1 aliphatic heterocycles. The lowest BCUT2D eigenvalue weighted by atomic mass is 10.1. The summed E-state index contributed by atoms with van der Waals surface area (Å²) in [5.41, 5.74) is 8.52. The largest absolute Gasteiger partial charge is 0.356 e. The van der Waals surface area contributed by atoms with E-state index in [9.17, 15) is 13.2 Å². The molecule has 4 rings (SSSR count). The van der Waals surface area contributed by atoms with Gasteiger partial charge in [-0.15, -0.1) is 12.4 Å².